The van der Waals surface area contributed by atoms with Crippen LogP contribution in [0.3, 0.4) is 0 Å². The topological polar surface area (TPSA) is 106 Å². The Morgan fingerprint density at radius 3 is 2.70 bits per heavy atom. The van der Waals surface area contributed by atoms with E-state index in [9.17, 15) is 23.3 Å². The summed E-state index contributed by atoms with van der Waals surface area (Å²) in [4.78, 5) is 22.2. The van der Waals surface area contributed by atoms with E-state index in [1.165, 1.54) is 12.1 Å². The van der Waals surface area contributed by atoms with Gasteiger partial charge in [-0.2, -0.15) is 0 Å². The molecule has 1 aliphatic rings. The fourth-order valence-electron chi connectivity index (χ4n) is 2.02. The number of benzene rings is 1. The third-order valence-corrected chi connectivity index (χ3v) is 4.97. The van der Waals surface area contributed by atoms with Crippen LogP contribution in [0, 0.1) is 10.1 Å². The van der Waals surface area contributed by atoms with E-state index < -0.39 is 26.7 Å². The second kappa shape index (κ2) is 5.37. The van der Waals surface area contributed by atoms with Crippen LogP contribution in [-0.4, -0.2) is 36.8 Å². The largest absolute Gasteiger partial charge is 0.348 e. The summed E-state index contributed by atoms with van der Waals surface area (Å²) in [6.07, 6.45) is 0.308. The Labute approximate surface area is 120 Å². The number of nitro groups is 1. The van der Waals surface area contributed by atoms with Crippen molar-refractivity contribution in [2.75, 3.05) is 11.5 Å². The van der Waals surface area contributed by atoms with E-state index in [2.05, 4.69) is 5.32 Å². The normalized spacial score (nSPS) is 20.6. The van der Waals surface area contributed by atoms with Crippen LogP contribution in [0.2, 0.25) is 5.02 Å². The number of carbonyl (C=O) groups is 1. The third kappa shape index (κ3) is 3.26. The predicted molar refractivity (Wildman–Crippen MR) is 72.6 cm³/mol. The van der Waals surface area contributed by atoms with Crippen molar-refractivity contribution in [3.63, 3.8) is 0 Å². The summed E-state index contributed by atoms with van der Waals surface area (Å²) in [6, 6.07) is 3.13. The highest BCUT2D eigenvalue weighted by Crippen LogP contribution is 2.23. The Hall–Kier alpha value is -1.67. The molecule has 1 saturated heterocycles. The molecule has 20 heavy (non-hydrogen) atoms. The first kappa shape index (κ1) is 14.7. The van der Waals surface area contributed by atoms with Gasteiger partial charge in [0.2, 0.25) is 0 Å². The number of nitrogens with zero attached hydrogens (tertiary/aromatic N) is 1. The molecule has 0 saturated carbocycles. The van der Waals surface area contributed by atoms with E-state index in [0.29, 0.717) is 6.42 Å². The maximum absolute atomic E-state index is 12.0. The van der Waals surface area contributed by atoms with Crippen molar-refractivity contribution in [2.24, 2.45) is 0 Å². The number of halogens is 1. The van der Waals surface area contributed by atoms with Gasteiger partial charge in [0.05, 0.1) is 16.4 Å². The lowest BCUT2D eigenvalue weighted by Crippen LogP contribution is -2.35. The van der Waals surface area contributed by atoms with Crippen LogP contribution >= 0.6 is 11.6 Å². The van der Waals surface area contributed by atoms with Crippen LogP contribution in [0.1, 0.15) is 16.8 Å². The van der Waals surface area contributed by atoms with Gasteiger partial charge in [0, 0.05) is 17.1 Å². The van der Waals surface area contributed by atoms with Crippen LogP contribution < -0.4 is 5.32 Å². The Morgan fingerprint density at radius 1 is 1.45 bits per heavy atom. The number of hydrogen-bond donors (Lipinski definition) is 1. The predicted octanol–water partition coefficient (Wildman–Crippen LogP) is 1.17. The second-order valence-electron chi connectivity index (χ2n) is 4.49. The standard InChI is InChI=1S/C11H11ClN2O5S/c12-7-1-2-10(14(16)17)9(5-7)11(15)13-8-3-4-20(18,19)6-8/h1-2,5,8H,3-4,6H2,(H,13,15)/t8-/m0/s1. The summed E-state index contributed by atoms with van der Waals surface area (Å²) >= 11 is 5.73. The Kier molecular flexibility index (Phi) is 3.96. The summed E-state index contributed by atoms with van der Waals surface area (Å²) in [6.45, 7) is 0. The molecule has 9 heteroatoms. The number of sulfone groups is 1. The molecule has 0 aromatic heterocycles. The first-order chi connectivity index (χ1) is 9.28. The molecule has 0 aliphatic carbocycles. The summed E-state index contributed by atoms with van der Waals surface area (Å²) in [5.41, 5.74) is -0.542. The number of rotatable bonds is 3. The van der Waals surface area contributed by atoms with Crippen molar-refractivity contribution in [2.45, 2.75) is 12.5 Å². The molecule has 2 rings (SSSR count). The fraction of sp³-hybridized carbons (Fsp3) is 0.364. The van der Waals surface area contributed by atoms with Crippen molar-refractivity contribution in [3.05, 3.63) is 38.9 Å². The van der Waals surface area contributed by atoms with Gasteiger partial charge in [-0.3, -0.25) is 14.9 Å². The number of hydrogen-bond acceptors (Lipinski definition) is 5. The maximum atomic E-state index is 12.0. The van der Waals surface area contributed by atoms with E-state index in [-0.39, 0.29) is 27.8 Å². The molecule has 0 spiro atoms. The van der Waals surface area contributed by atoms with E-state index in [1.807, 2.05) is 0 Å². The fourth-order valence-corrected chi connectivity index (χ4v) is 3.87. The van der Waals surface area contributed by atoms with E-state index in [0.717, 1.165) is 6.07 Å². The molecule has 0 radical (unpaired) electrons. The molecule has 1 atom stereocenters. The Morgan fingerprint density at radius 2 is 2.15 bits per heavy atom. The highest BCUT2D eigenvalue weighted by atomic mass is 35.5. The Bertz CT molecular complexity index is 673. The number of nitro benzene ring substituents is 1. The van der Waals surface area contributed by atoms with Crippen LogP contribution in [0.25, 0.3) is 0 Å². The van der Waals surface area contributed by atoms with Crippen molar-refractivity contribution in [1.29, 1.82) is 0 Å². The van der Waals surface area contributed by atoms with E-state index >= 15 is 0 Å². The smallest absolute Gasteiger partial charge is 0.282 e. The van der Waals surface area contributed by atoms with Gasteiger partial charge in [-0.1, -0.05) is 11.6 Å². The second-order valence-corrected chi connectivity index (χ2v) is 7.16. The summed E-state index contributed by atoms with van der Waals surface area (Å²) in [7, 11) is -3.13. The molecular formula is C11H11ClN2O5S. The zero-order chi connectivity index (χ0) is 14.9. The molecule has 1 aliphatic heterocycles. The number of amides is 1. The summed E-state index contributed by atoms with van der Waals surface area (Å²) < 4.78 is 22.6. The van der Waals surface area contributed by atoms with Crippen LogP contribution in [0.5, 0.6) is 0 Å². The molecule has 1 heterocycles. The number of carbonyl (C=O) groups excluding carboxylic acids is 1. The third-order valence-electron chi connectivity index (χ3n) is 2.97. The quantitative estimate of drug-likeness (QED) is 0.665. The monoisotopic (exact) mass is 318 g/mol. The first-order valence-electron chi connectivity index (χ1n) is 5.74. The van der Waals surface area contributed by atoms with E-state index in [4.69, 9.17) is 11.6 Å². The molecule has 108 valence electrons. The minimum absolute atomic E-state index is 0.00951. The van der Waals surface area contributed by atoms with Crippen LogP contribution in [0.15, 0.2) is 18.2 Å². The minimum atomic E-state index is -3.13. The summed E-state index contributed by atoms with van der Waals surface area (Å²) in [5.74, 6) is -0.829. The maximum Gasteiger partial charge on any atom is 0.282 e. The zero-order valence-electron chi connectivity index (χ0n) is 10.2. The lowest BCUT2D eigenvalue weighted by atomic mass is 10.1. The first-order valence-corrected chi connectivity index (χ1v) is 7.94. The lowest BCUT2D eigenvalue weighted by Gasteiger charge is -2.11. The summed E-state index contributed by atoms with van der Waals surface area (Å²) in [5, 5.41) is 13.6. The van der Waals surface area contributed by atoms with Gasteiger partial charge in [0.25, 0.3) is 11.6 Å². The molecule has 1 aromatic rings. The van der Waals surface area contributed by atoms with Crippen LogP contribution in [-0.2, 0) is 9.84 Å². The average Bonchev–Trinajstić information content (AvgIpc) is 2.68. The van der Waals surface area contributed by atoms with Gasteiger partial charge < -0.3 is 5.32 Å². The minimum Gasteiger partial charge on any atom is -0.348 e. The van der Waals surface area contributed by atoms with Crippen molar-refractivity contribution < 1.29 is 18.1 Å². The average molecular weight is 319 g/mol. The highest BCUT2D eigenvalue weighted by molar-refractivity contribution is 7.91. The van der Waals surface area contributed by atoms with Gasteiger partial charge in [0.1, 0.15) is 5.56 Å². The van der Waals surface area contributed by atoms with Crippen molar-refractivity contribution in [3.8, 4) is 0 Å². The van der Waals surface area contributed by atoms with Crippen molar-refractivity contribution in [1.82, 2.24) is 5.32 Å². The molecule has 0 unspecified atom stereocenters. The van der Waals surface area contributed by atoms with Gasteiger partial charge >= 0.3 is 0 Å². The van der Waals surface area contributed by atoms with Gasteiger partial charge in [0.15, 0.2) is 9.84 Å². The highest BCUT2D eigenvalue weighted by Gasteiger charge is 2.30. The van der Waals surface area contributed by atoms with Gasteiger partial charge in [-0.25, -0.2) is 8.42 Å². The van der Waals surface area contributed by atoms with E-state index in [1.54, 1.807) is 0 Å². The molecule has 1 N–H and O–H groups in total. The lowest BCUT2D eigenvalue weighted by molar-refractivity contribution is -0.385. The molecular weight excluding hydrogens is 308 g/mol. The van der Waals surface area contributed by atoms with Crippen LogP contribution in [0.4, 0.5) is 5.69 Å². The molecule has 7 nitrogen and oxygen atoms in total. The molecule has 1 amide bonds. The molecule has 1 fully saturated rings. The number of nitrogens with one attached hydrogen (secondary N) is 1. The molecule has 0 bridgehead atoms. The molecule has 1 aromatic carbocycles. The SMILES string of the molecule is O=C(N[C@H]1CCS(=O)(=O)C1)c1cc(Cl)ccc1[N+](=O)[O-]. The Balaban J connectivity index is 2.21. The van der Waals surface area contributed by atoms with Gasteiger partial charge in [-0.15, -0.1) is 0 Å². The zero-order valence-corrected chi connectivity index (χ0v) is 11.8. The van der Waals surface area contributed by atoms with Gasteiger partial charge in [-0.05, 0) is 18.6 Å². The van der Waals surface area contributed by atoms with Crippen molar-refractivity contribution >= 4 is 33.0 Å².